The van der Waals surface area contributed by atoms with Crippen LogP contribution in [-0.2, 0) is 36.6 Å². The number of hydrogen-bond donors (Lipinski definition) is 1. The average Bonchev–Trinajstić information content (AvgIpc) is 2.96. The van der Waals surface area contributed by atoms with Gasteiger partial charge in [-0.2, -0.15) is 0 Å². The van der Waals surface area contributed by atoms with E-state index in [1.165, 1.54) is 7.11 Å². The maximum absolute atomic E-state index is 12.6. The van der Waals surface area contributed by atoms with Gasteiger partial charge in [0.15, 0.2) is 0 Å². The van der Waals surface area contributed by atoms with Crippen LogP contribution in [0.25, 0.3) is 0 Å². The zero-order valence-corrected chi connectivity index (χ0v) is 28.5. The van der Waals surface area contributed by atoms with Crippen LogP contribution in [0.4, 0.5) is 0 Å². The molecule has 2 aromatic rings. The molecule has 0 saturated carbocycles. The third kappa shape index (κ3) is 10.3. The van der Waals surface area contributed by atoms with Gasteiger partial charge in [-0.05, 0) is 60.9 Å². The largest absolute Gasteiger partial charge is 0.469 e. The summed E-state index contributed by atoms with van der Waals surface area (Å²) in [5.74, 6) is -0.431. The molecule has 2 rings (SSSR count). The van der Waals surface area contributed by atoms with Crippen LogP contribution in [0, 0.1) is 5.41 Å². The minimum absolute atomic E-state index is 0.155. The maximum atomic E-state index is 12.6. The van der Waals surface area contributed by atoms with E-state index in [9.17, 15) is 9.90 Å². The summed E-state index contributed by atoms with van der Waals surface area (Å²) in [7, 11) is -0.939. The summed E-state index contributed by atoms with van der Waals surface area (Å²) in [6, 6.07) is 20.3. The number of esters is 1. The minimum Gasteiger partial charge on any atom is -0.469 e. The van der Waals surface area contributed by atoms with E-state index < -0.39 is 25.8 Å². The molecule has 0 heterocycles. The quantitative estimate of drug-likeness (QED) is 0.0998. The summed E-state index contributed by atoms with van der Waals surface area (Å²) in [6.45, 7) is 18.6. The number of benzene rings is 2. The summed E-state index contributed by atoms with van der Waals surface area (Å²) in [5, 5.41) is 11.4. The minimum atomic E-state index is -2.30. The lowest BCUT2D eigenvalue weighted by Crippen LogP contribution is -2.52. The van der Waals surface area contributed by atoms with E-state index in [1.807, 2.05) is 36.4 Å². The van der Waals surface area contributed by atoms with E-state index in [-0.39, 0.29) is 12.2 Å². The molecule has 0 bridgehead atoms. The maximum Gasteiger partial charge on any atom is 0.313 e. The number of methoxy groups -OCH3 is 1. The summed E-state index contributed by atoms with van der Waals surface area (Å²) in [6.07, 6.45) is 0.221. The Bertz CT molecular complexity index is 1000. The van der Waals surface area contributed by atoms with Gasteiger partial charge >= 0.3 is 5.97 Å². The van der Waals surface area contributed by atoms with Crippen LogP contribution >= 0.6 is 0 Å². The Morgan fingerprint density at radius 1 is 0.786 bits per heavy atom. The van der Waals surface area contributed by atoms with Crippen molar-refractivity contribution in [2.45, 2.75) is 123 Å². The summed E-state index contributed by atoms with van der Waals surface area (Å²) in [5.41, 5.74) is 2.31. The number of aliphatic hydroxyl groups is 1. The number of aliphatic hydroxyl groups excluding tert-OH is 1. The second-order valence-electron chi connectivity index (χ2n) is 13.0. The van der Waals surface area contributed by atoms with Gasteiger partial charge in [0.25, 0.3) is 0 Å². The highest BCUT2D eigenvalue weighted by atomic mass is 28.4. The number of carbonyl (C=O) groups is 1. The SMILES string of the molecule is COC(=O)C(C)(C)[C@@H](O)C[C@@H](C[C@H](CCOCc1ccccc1)OCc1ccccc1)O[Si](C(C)C)(C(C)C)C(C)C. The third-order valence-corrected chi connectivity index (χ3v) is 14.8. The lowest BCUT2D eigenvalue weighted by Gasteiger charge is -2.46. The van der Waals surface area contributed by atoms with E-state index in [4.69, 9.17) is 18.6 Å². The summed E-state index contributed by atoms with van der Waals surface area (Å²) in [4.78, 5) is 12.6. The highest BCUT2D eigenvalue weighted by Gasteiger charge is 2.48. The standard InChI is InChI=1S/C35H56O6Si/c1-26(2)42(27(3)4,28(5)6)41-32(23-33(36)35(7,8)34(37)38-9)22-31(40-25-30-18-14-11-15-19-30)20-21-39-24-29-16-12-10-13-17-29/h10-19,26-28,31-33,36H,20-25H2,1-9H3/t31-,32+,33-/m0/s1. The van der Waals surface area contributed by atoms with Crippen molar-refractivity contribution in [2.75, 3.05) is 13.7 Å². The van der Waals surface area contributed by atoms with E-state index >= 15 is 0 Å². The highest BCUT2D eigenvalue weighted by Crippen LogP contribution is 2.44. The van der Waals surface area contributed by atoms with Gasteiger partial charge in [0.05, 0.1) is 44.1 Å². The van der Waals surface area contributed by atoms with Crippen molar-refractivity contribution < 1.29 is 28.5 Å². The zero-order chi connectivity index (χ0) is 31.3. The van der Waals surface area contributed by atoms with Crippen LogP contribution in [-0.4, -0.2) is 51.4 Å². The van der Waals surface area contributed by atoms with Gasteiger partial charge in [-0.1, -0.05) is 102 Å². The van der Waals surface area contributed by atoms with Crippen molar-refractivity contribution in [3.8, 4) is 0 Å². The van der Waals surface area contributed by atoms with Crippen LogP contribution in [0.2, 0.25) is 16.6 Å². The molecule has 2 aromatic carbocycles. The van der Waals surface area contributed by atoms with Crippen LogP contribution in [0.3, 0.4) is 0 Å². The predicted molar refractivity (Wildman–Crippen MR) is 173 cm³/mol. The summed E-state index contributed by atoms with van der Waals surface area (Å²) < 4.78 is 24.9. The van der Waals surface area contributed by atoms with Gasteiger partial charge < -0.3 is 23.7 Å². The Morgan fingerprint density at radius 2 is 1.29 bits per heavy atom. The molecule has 3 atom stereocenters. The molecule has 0 aliphatic heterocycles. The van der Waals surface area contributed by atoms with E-state index in [0.29, 0.717) is 55.7 Å². The average molecular weight is 601 g/mol. The third-order valence-electron chi connectivity index (χ3n) is 8.66. The molecular formula is C35H56O6Si. The monoisotopic (exact) mass is 600 g/mol. The molecule has 0 aliphatic rings. The van der Waals surface area contributed by atoms with Crippen LogP contribution in [0.5, 0.6) is 0 Å². The zero-order valence-electron chi connectivity index (χ0n) is 27.5. The first-order chi connectivity index (χ1) is 19.8. The molecule has 1 N–H and O–H groups in total. The first-order valence-electron chi connectivity index (χ1n) is 15.6. The van der Waals surface area contributed by atoms with Crippen molar-refractivity contribution in [3.05, 3.63) is 71.8 Å². The lowest BCUT2D eigenvalue weighted by atomic mass is 9.83. The topological polar surface area (TPSA) is 74.2 Å². The molecule has 0 spiro atoms. The van der Waals surface area contributed by atoms with E-state index in [0.717, 1.165) is 11.1 Å². The molecule has 7 heteroatoms. The first-order valence-corrected chi connectivity index (χ1v) is 17.7. The van der Waals surface area contributed by atoms with Crippen molar-refractivity contribution in [2.24, 2.45) is 5.41 Å². The lowest BCUT2D eigenvalue weighted by molar-refractivity contribution is -0.158. The molecule has 0 saturated heterocycles. The van der Waals surface area contributed by atoms with Crippen molar-refractivity contribution in [3.63, 3.8) is 0 Å². The van der Waals surface area contributed by atoms with E-state index in [1.54, 1.807) is 13.8 Å². The fourth-order valence-corrected chi connectivity index (χ4v) is 11.7. The molecular weight excluding hydrogens is 544 g/mol. The first kappa shape index (κ1) is 36.2. The molecule has 0 amide bonds. The second-order valence-corrected chi connectivity index (χ2v) is 18.4. The molecule has 0 aliphatic carbocycles. The molecule has 6 nitrogen and oxygen atoms in total. The smallest absolute Gasteiger partial charge is 0.313 e. The van der Waals surface area contributed by atoms with Gasteiger partial charge in [-0.25, -0.2) is 0 Å². The molecule has 0 unspecified atom stereocenters. The van der Waals surface area contributed by atoms with Gasteiger partial charge in [-0.3, -0.25) is 4.79 Å². The Balaban J connectivity index is 2.32. The molecule has 0 fully saturated rings. The van der Waals surface area contributed by atoms with Gasteiger partial charge in [-0.15, -0.1) is 0 Å². The van der Waals surface area contributed by atoms with Crippen LogP contribution < -0.4 is 0 Å². The fraction of sp³-hybridized carbons (Fsp3) is 0.629. The van der Waals surface area contributed by atoms with Crippen molar-refractivity contribution in [1.29, 1.82) is 0 Å². The van der Waals surface area contributed by atoms with E-state index in [2.05, 4.69) is 65.8 Å². The Labute approximate surface area is 256 Å². The number of hydrogen-bond acceptors (Lipinski definition) is 6. The van der Waals surface area contributed by atoms with Crippen molar-refractivity contribution in [1.82, 2.24) is 0 Å². The van der Waals surface area contributed by atoms with Gasteiger partial charge in [0.1, 0.15) is 0 Å². The van der Waals surface area contributed by atoms with Crippen molar-refractivity contribution >= 4 is 14.3 Å². The Kier molecular flexibility index (Phi) is 14.9. The number of ether oxygens (including phenoxy) is 3. The summed E-state index contributed by atoms with van der Waals surface area (Å²) >= 11 is 0. The Morgan fingerprint density at radius 3 is 1.76 bits per heavy atom. The van der Waals surface area contributed by atoms with Gasteiger partial charge in [0.2, 0.25) is 8.32 Å². The fourth-order valence-electron chi connectivity index (χ4n) is 6.16. The van der Waals surface area contributed by atoms with Crippen LogP contribution in [0.15, 0.2) is 60.7 Å². The predicted octanol–water partition coefficient (Wildman–Crippen LogP) is 8.08. The Hall–Kier alpha value is -2.03. The molecule has 42 heavy (non-hydrogen) atoms. The molecule has 236 valence electrons. The normalized spacial score (nSPS) is 14.8. The second kappa shape index (κ2) is 17.3. The molecule has 0 radical (unpaired) electrons. The number of rotatable bonds is 19. The van der Waals surface area contributed by atoms with Crippen LogP contribution in [0.1, 0.15) is 85.8 Å². The van der Waals surface area contributed by atoms with Gasteiger partial charge in [0, 0.05) is 6.61 Å². The number of carbonyl (C=O) groups excluding carboxylic acids is 1. The highest BCUT2D eigenvalue weighted by molar-refractivity contribution is 6.77. The molecule has 0 aromatic heterocycles.